The van der Waals surface area contributed by atoms with Crippen LogP contribution in [0.1, 0.15) is 12.0 Å². The van der Waals surface area contributed by atoms with Crippen LogP contribution in [0.2, 0.25) is 10.0 Å². The summed E-state index contributed by atoms with van der Waals surface area (Å²) in [5, 5.41) is 3.76. The molecule has 0 aromatic heterocycles. The Morgan fingerprint density at radius 3 is 2.36 bits per heavy atom. The first kappa shape index (κ1) is 22.3. The van der Waals surface area contributed by atoms with E-state index in [1.54, 1.807) is 12.1 Å². The molecule has 0 aliphatic carbocycles. The third-order valence-electron chi connectivity index (χ3n) is 3.97. The SMILES string of the molecule is COc1ccc(Cl)cc1N(CC(=O)NCCCc1ccc(Cl)cc1)S(C)(=O)=O. The zero-order valence-corrected chi connectivity index (χ0v) is 17.9. The van der Waals surface area contributed by atoms with Crippen molar-refractivity contribution in [2.75, 3.05) is 30.8 Å². The van der Waals surface area contributed by atoms with Crippen molar-refractivity contribution in [1.82, 2.24) is 5.32 Å². The number of hydrogen-bond acceptors (Lipinski definition) is 4. The number of benzene rings is 2. The van der Waals surface area contributed by atoms with Crippen LogP contribution >= 0.6 is 23.2 Å². The molecule has 0 saturated heterocycles. The number of carbonyl (C=O) groups is 1. The second kappa shape index (κ2) is 10.0. The number of methoxy groups -OCH3 is 1. The van der Waals surface area contributed by atoms with Crippen LogP contribution in [-0.4, -0.2) is 40.8 Å². The van der Waals surface area contributed by atoms with Gasteiger partial charge in [-0.05, 0) is 48.7 Å². The first-order valence-corrected chi connectivity index (χ1v) is 11.1. The van der Waals surface area contributed by atoms with Crippen molar-refractivity contribution in [3.8, 4) is 5.75 Å². The fraction of sp³-hybridized carbons (Fsp3) is 0.316. The Kier molecular flexibility index (Phi) is 7.98. The fourth-order valence-electron chi connectivity index (χ4n) is 2.60. The maximum absolute atomic E-state index is 12.3. The van der Waals surface area contributed by atoms with Crippen LogP contribution in [0.5, 0.6) is 5.75 Å². The zero-order valence-electron chi connectivity index (χ0n) is 15.6. The Labute approximate surface area is 175 Å². The number of anilines is 1. The normalized spacial score (nSPS) is 11.1. The average Bonchev–Trinajstić information content (AvgIpc) is 2.64. The van der Waals surface area contributed by atoms with E-state index in [4.69, 9.17) is 27.9 Å². The van der Waals surface area contributed by atoms with Crippen molar-refractivity contribution in [3.63, 3.8) is 0 Å². The predicted octanol–water partition coefficient (Wildman–Crippen LogP) is 3.52. The molecule has 0 aliphatic heterocycles. The maximum atomic E-state index is 12.3. The highest BCUT2D eigenvalue weighted by Gasteiger charge is 2.24. The second-order valence-electron chi connectivity index (χ2n) is 6.17. The summed E-state index contributed by atoms with van der Waals surface area (Å²) in [4.78, 5) is 12.3. The molecule has 152 valence electrons. The van der Waals surface area contributed by atoms with Crippen molar-refractivity contribution in [2.45, 2.75) is 12.8 Å². The minimum absolute atomic E-state index is 0.216. The Morgan fingerprint density at radius 2 is 1.75 bits per heavy atom. The van der Waals surface area contributed by atoms with Gasteiger partial charge in [-0.1, -0.05) is 35.3 Å². The fourth-order valence-corrected chi connectivity index (χ4v) is 3.74. The minimum atomic E-state index is -3.72. The lowest BCUT2D eigenvalue weighted by atomic mass is 10.1. The van der Waals surface area contributed by atoms with Gasteiger partial charge in [0.05, 0.1) is 19.1 Å². The zero-order chi connectivity index (χ0) is 20.7. The minimum Gasteiger partial charge on any atom is -0.495 e. The van der Waals surface area contributed by atoms with E-state index in [-0.39, 0.29) is 12.2 Å². The van der Waals surface area contributed by atoms with Gasteiger partial charge in [-0.3, -0.25) is 9.10 Å². The smallest absolute Gasteiger partial charge is 0.240 e. The van der Waals surface area contributed by atoms with Gasteiger partial charge in [-0.15, -0.1) is 0 Å². The van der Waals surface area contributed by atoms with Crippen molar-refractivity contribution < 1.29 is 17.9 Å². The molecular formula is C19H22Cl2N2O4S. The number of ether oxygens (including phenoxy) is 1. The number of carbonyl (C=O) groups excluding carboxylic acids is 1. The molecule has 0 unspecified atom stereocenters. The van der Waals surface area contributed by atoms with Crippen molar-refractivity contribution in [2.24, 2.45) is 0 Å². The number of sulfonamides is 1. The van der Waals surface area contributed by atoms with Crippen LogP contribution in [0.15, 0.2) is 42.5 Å². The van der Waals surface area contributed by atoms with Crippen LogP contribution in [0.3, 0.4) is 0 Å². The van der Waals surface area contributed by atoms with Crippen LogP contribution in [-0.2, 0) is 21.2 Å². The lowest BCUT2D eigenvalue weighted by Gasteiger charge is -2.24. The second-order valence-corrected chi connectivity index (χ2v) is 8.95. The van der Waals surface area contributed by atoms with Crippen LogP contribution < -0.4 is 14.4 Å². The Hall–Kier alpha value is -1.96. The lowest BCUT2D eigenvalue weighted by Crippen LogP contribution is -2.40. The first-order valence-electron chi connectivity index (χ1n) is 8.53. The molecule has 0 radical (unpaired) electrons. The molecule has 1 N–H and O–H groups in total. The summed E-state index contributed by atoms with van der Waals surface area (Å²) in [6, 6.07) is 12.1. The first-order chi connectivity index (χ1) is 13.2. The summed E-state index contributed by atoms with van der Waals surface area (Å²) < 4.78 is 30.6. The molecule has 9 heteroatoms. The van der Waals surface area contributed by atoms with Crippen LogP contribution in [0.4, 0.5) is 5.69 Å². The Balaban J connectivity index is 1.98. The van der Waals surface area contributed by atoms with Gasteiger partial charge in [0.2, 0.25) is 15.9 Å². The van der Waals surface area contributed by atoms with Crippen LogP contribution in [0, 0.1) is 0 Å². The van der Waals surface area contributed by atoms with Gasteiger partial charge in [0.25, 0.3) is 0 Å². The van der Waals surface area contributed by atoms with Gasteiger partial charge < -0.3 is 10.1 Å². The van der Waals surface area contributed by atoms with Crippen molar-refractivity contribution >= 4 is 44.8 Å². The quantitative estimate of drug-likeness (QED) is 0.600. The number of rotatable bonds is 9. The van der Waals surface area contributed by atoms with Gasteiger partial charge in [0, 0.05) is 16.6 Å². The number of hydrogen-bond donors (Lipinski definition) is 1. The van der Waals surface area contributed by atoms with E-state index >= 15 is 0 Å². The predicted molar refractivity (Wildman–Crippen MR) is 113 cm³/mol. The van der Waals surface area contributed by atoms with E-state index in [0.29, 0.717) is 28.8 Å². The summed E-state index contributed by atoms with van der Waals surface area (Å²) in [6.45, 7) is 0.0578. The molecule has 6 nitrogen and oxygen atoms in total. The molecule has 2 aromatic rings. The molecule has 28 heavy (non-hydrogen) atoms. The molecule has 0 aliphatic rings. The molecular weight excluding hydrogens is 423 g/mol. The third-order valence-corrected chi connectivity index (χ3v) is 5.59. The summed E-state index contributed by atoms with van der Waals surface area (Å²) in [5.74, 6) is -0.103. The van der Waals surface area contributed by atoms with E-state index in [0.717, 1.165) is 22.5 Å². The van der Waals surface area contributed by atoms with Gasteiger partial charge in [-0.25, -0.2) is 8.42 Å². The van der Waals surface area contributed by atoms with Crippen LogP contribution in [0.25, 0.3) is 0 Å². The number of amides is 1. The van der Waals surface area contributed by atoms with Crippen molar-refractivity contribution in [1.29, 1.82) is 0 Å². The summed E-state index contributed by atoms with van der Waals surface area (Å²) in [7, 11) is -2.30. The molecule has 0 fully saturated rings. The standard InChI is InChI=1S/C19H22Cl2N2O4S/c1-27-18-10-9-16(21)12-17(18)23(28(2,25)26)13-19(24)22-11-3-4-14-5-7-15(20)8-6-14/h5-10,12H,3-4,11,13H2,1-2H3,(H,22,24). The topological polar surface area (TPSA) is 75.7 Å². The molecule has 1 amide bonds. The molecule has 2 rings (SSSR count). The molecule has 0 spiro atoms. The van der Waals surface area contributed by atoms with E-state index in [1.807, 2.05) is 24.3 Å². The largest absolute Gasteiger partial charge is 0.495 e. The van der Waals surface area contributed by atoms with Gasteiger partial charge in [-0.2, -0.15) is 0 Å². The van der Waals surface area contributed by atoms with E-state index < -0.39 is 15.9 Å². The van der Waals surface area contributed by atoms with Gasteiger partial charge in [0.1, 0.15) is 12.3 Å². The van der Waals surface area contributed by atoms with E-state index in [2.05, 4.69) is 5.32 Å². The summed E-state index contributed by atoms with van der Waals surface area (Å²) in [5.41, 5.74) is 1.33. The number of nitrogens with one attached hydrogen (secondary N) is 1. The highest BCUT2D eigenvalue weighted by atomic mass is 35.5. The number of nitrogens with zero attached hydrogens (tertiary/aromatic N) is 1. The van der Waals surface area contributed by atoms with Gasteiger partial charge >= 0.3 is 0 Å². The lowest BCUT2D eigenvalue weighted by molar-refractivity contribution is -0.119. The number of halogens is 2. The third kappa shape index (κ3) is 6.58. The maximum Gasteiger partial charge on any atom is 0.240 e. The highest BCUT2D eigenvalue weighted by molar-refractivity contribution is 7.92. The van der Waals surface area contributed by atoms with E-state index in [1.165, 1.54) is 13.2 Å². The van der Waals surface area contributed by atoms with Gasteiger partial charge in [0.15, 0.2) is 0 Å². The molecule has 2 aromatic carbocycles. The Morgan fingerprint density at radius 1 is 1.11 bits per heavy atom. The number of aryl methyl sites for hydroxylation is 1. The monoisotopic (exact) mass is 444 g/mol. The highest BCUT2D eigenvalue weighted by Crippen LogP contribution is 2.32. The summed E-state index contributed by atoms with van der Waals surface area (Å²) >= 11 is 11.8. The average molecular weight is 445 g/mol. The molecule has 0 saturated carbocycles. The van der Waals surface area contributed by atoms with Crippen molar-refractivity contribution in [3.05, 3.63) is 58.1 Å². The molecule has 0 heterocycles. The molecule has 0 atom stereocenters. The molecule has 0 bridgehead atoms. The Bertz CT molecular complexity index is 918. The van der Waals surface area contributed by atoms with E-state index in [9.17, 15) is 13.2 Å². The summed E-state index contributed by atoms with van der Waals surface area (Å²) in [6.07, 6.45) is 2.52.